The third-order valence-electron chi connectivity index (χ3n) is 4.72. The number of fused-ring (bicyclic) bond motifs is 1. The van der Waals surface area contributed by atoms with Gasteiger partial charge in [0.05, 0.1) is 12.6 Å². The molecule has 0 atom stereocenters. The summed E-state index contributed by atoms with van der Waals surface area (Å²) in [5.74, 6) is -0.174. The number of halogens is 1. The Morgan fingerprint density at radius 2 is 1.94 bits per heavy atom. The quantitative estimate of drug-likeness (QED) is 0.387. The Bertz CT molecular complexity index is 1220. The van der Waals surface area contributed by atoms with E-state index in [4.69, 9.17) is 16.3 Å². The Labute approximate surface area is 192 Å². The third-order valence-corrected chi connectivity index (χ3v) is 6.44. The summed E-state index contributed by atoms with van der Waals surface area (Å²) >= 11 is 6.02. The number of pyridine rings is 1. The first-order valence-electron chi connectivity index (χ1n) is 10.1. The number of anilines is 1. The molecule has 1 aromatic heterocycles. The number of sulfonamides is 1. The highest BCUT2D eigenvalue weighted by Crippen LogP contribution is 2.26. The zero-order valence-corrected chi connectivity index (χ0v) is 19.4. The number of ether oxygens (including phenoxy) is 1. The maximum Gasteiger partial charge on any atom is 0.251 e. The summed E-state index contributed by atoms with van der Waals surface area (Å²) in [4.78, 5) is 16.3. The Kier molecular flexibility index (Phi) is 7.89. The molecule has 3 rings (SSSR count). The number of amides is 1. The average Bonchev–Trinajstić information content (AvgIpc) is 2.78. The second-order valence-corrected chi connectivity index (χ2v) is 9.09. The van der Waals surface area contributed by atoms with Crippen LogP contribution in [0.4, 0.5) is 5.69 Å². The molecule has 0 bridgehead atoms. The van der Waals surface area contributed by atoms with Gasteiger partial charge in [-0.2, -0.15) is 0 Å². The topological polar surface area (TPSA) is 109 Å². The second kappa shape index (κ2) is 10.6. The van der Waals surface area contributed by atoms with Gasteiger partial charge in [-0.1, -0.05) is 11.6 Å². The van der Waals surface area contributed by atoms with E-state index in [9.17, 15) is 13.2 Å². The summed E-state index contributed by atoms with van der Waals surface area (Å²) in [7, 11) is -2.48. The molecule has 0 fully saturated rings. The Morgan fingerprint density at radius 1 is 1.12 bits per heavy atom. The van der Waals surface area contributed by atoms with Crippen LogP contribution in [0.2, 0.25) is 5.02 Å². The van der Waals surface area contributed by atoms with Gasteiger partial charge in [-0.25, -0.2) is 13.1 Å². The Hall–Kier alpha value is -2.88. The molecular weight excluding hydrogens is 452 g/mol. The van der Waals surface area contributed by atoms with E-state index in [1.165, 1.54) is 25.3 Å². The lowest BCUT2D eigenvalue weighted by Gasteiger charge is -2.13. The first kappa shape index (κ1) is 23.8. The van der Waals surface area contributed by atoms with Gasteiger partial charge in [-0.15, -0.1) is 0 Å². The predicted molar refractivity (Wildman–Crippen MR) is 126 cm³/mol. The number of rotatable bonds is 10. The van der Waals surface area contributed by atoms with Crippen LogP contribution >= 0.6 is 11.6 Å². The third kappa shape index (κ3) is 5.67. The van der Waals surface area contributed by atoms with Crippen LogP contribution in [0.3, 0.4) is 0 Å². The van der Waals surface area contributed by atoms with Gasteiger partial charge < -0.3 is 15.4 Å². The van der Waals surface area contributed by atoms with Crippen LogP contribution in [-0.4, -0.2) is 46.1 Å². The zero-order chi connectivity index (χ0) is 23.1. The SMILES string of the molecule is CCNC(=O)c1ccc(OC)c(S(=O)(=O)NCCCNc2ccnc3cc(Cl)ccc23)c1. The Balaban J connectivity index is 1.62. The van der Waals surface area contributed by atoms with Gasteiger partial charge in [0, 0.05) is 47.5 Å². The van der Waals surface area contributed by atoms with E-state index < -0.39 is 10.0 Å². The summed E-state index contributed by atoms with van der Waals surface area (Å²) in [5, 5.41) is 7.50. The van der Waals surface area contributed by atoms with Crippen molar-refractivity contribution in [2.75, 3.05) is 32.1 Å². The molecule has 0 radical (unpaired) electrons. The van der Waals surface area contributed by atoms with Gasteiger partial charge >= 0.3 is 0 Å². The van der Waals surface area contributed by atoms with Crippen molar-refractivity contribution in [2.24, 2.45) is 0 Å². The first-order valence-corrected chi connectivity index (χ1v) is 12.0. The molecule has 10 heteroatoms. The van der Waals surface area contributed by atoms with E-state index >= 15 is 0 Å². The Morgan fingerprint density at radius 3 is 2.69 bits per heavy atom. The summed E-state index contributed by atoms with van der Waals surface area (Å²) in [6.45, 7) is 2.98. The van der Waals surface area contributed by atoms with Crippen molar-refractivity contribution in [1.29, 1.82) is 0 Å². The molecule has 0 aliphatic carbocycles. The standard InChI is InChI=1S/C22H25ClN4O4S/c1-3-24-22(28)15-5-8-20(31-2)21(13-15)32(29,30)27-11-4-10-25-18-9-12-26-19-14-16(23)6-7-17(18)19/h5-9,12-14,27H,3-4,10-11H2,1-2H3,(H,24,28)(H,25,26). The number of aromatic nitrogens is 1. The largest absolute Gasteiger partial charge is 0.495 e. The molecule has 0 aliphatic heterocycles. The van der Waals surface area contributed by atoms with Crippen LogP contribution in [0.25, 0.3) is 10.9 Å². The van der Waals surface area contributed by atoms with Crippen molar-refractivity contribution in [1.82, 2.24) is 15.0 Å². The molecule has 1 amide bonds. The molecule has 0 spiro atoms. The summed E-state index contributed by atoms with van der Waals surface area (Å²) in [5.41, 5.74) is 1.92. The summed E-state index contributed by atoms with van der Waals surface area (Å²) < 4.78 is 33.4. The van der Waals surface area contributed by atoms with Crippen molar-refractivity contribution >= 4 is 44.1 Å². The predicted octanol–water partition coefficient (Wildman–Crippen LogP) is 3.43. The summed E-state index contributed by atoms with van der Waals surface area (Å²) in [6.07, 6.45) is 2.23. The molecule has 1 heterocycles. The minimum Gasteiger partial charge on any atom is -0.495 e. The van der Waals surface area contributed by atoms with E-state index in [0.29, 0.717) is 24.5 Å². The summed E-state index contributed by atoms with van der Waals surface area (Å²) in [6, 6.07) is 11.7. The lowest BCUT2D eigenvalue weighted by molar-refractivity contribution is 0.0955. The van der Waals surface area contributed by atoms with Crippen molar-refractivity contribution in [3.05, 3.63) is 59.2 Å². The van der Waals surface area contributed by atoms with Gasteiger partial charge in [0.25, 0.3) is 5.91 Å². The van der Waals surface area contributed by atoms with Gasteiger partial charge in [0.2, 0.25) is 10.0 Å². The van der Waals surface area contributed by atoms with Gasteiger partial charge in [0.1, 0.15) is 10.6 Å². The van der Waals surface area contributed by atoms with E-state index in [1.54, 1.807) is 25.3 Å². The fourth-order valence-corrected chi connectivity index (χ4v) is 4.59. The highest BCUT2D eigenvalue weighted by molar-refractivity contribution is 7.89. The number of methoxy groups -OCH3 is 1. The minimum atomic E-state index is -3.87. The molecule has 8 nitrogen and oxygen atoms in total. The molecule has 0 aliphatic rings. The first-order chi connectivity index (χ1) is 15.4. The van der Waals surface area contributed by atoms with Crippen molar-refractivity contribution < 1.29 is 17.9 Å². The fraction of sp³-hybridized carbons (Fsp3) is 0.273. The molecular formula is C22H25ClN4O4S. The number of carbonyl (C=O) groups excluding carboxylic acids is 1. The monoisotopic (exact) mass is 476 g/mol. The lowest BCUT2D eigenvalue weighted by Crippen LogP contribution is -2.27. The molecule has 0 saturated carbocycles. The van der Waals surface area contributed by atoms with Crippen LogP contribution in [0.1, 0.15) is 23.7 Å². The minimum absolute atomic E-state index is 0.0753. The maximum absolute atomic E-state index is 12.8. The zero-order valence-electron chi connectivity index (χ0n) is 17.8. The molecule has 2 aromatic carbocycles. The number of benzene rings is 2. The molecule has 3 N–H and O–H groups in total. The second-order valence-electron chi connectivity index (χ2n) is 6.92. The average molecular weight is 477 g/mol. The van der Waals surface area contributed by atoms with Gasteiger partial charge in [-0.3, -0.25) is 9.78 Å². The molecule has 32 heavy (non-hydrogen) atoms. The smallest absolute Gasteiger partial charge is 0.251 e. The van der Waals surface area contributed by atoms with Crippen LogP contribution in [-0.2, 0) is 10.0 Å². The van der Waals surface area contributed by atoms with Crippen molar-refractivity contribution in [3.63, 3.8) is 0 Å². The molecule has 170 valence electrons. The highest BCUT2D eigenvalue weighted by Gasteiger charge is 2.21. The van der Waals surface area contributed by atoms with Crippen molar-refractivity contribution in [2.45, 2.75) is 18.2 Å². The van der Waals surface area contributed by atoms with Crippen LogP contribution in [0.15, 0.2) is 53.6 Å². The number of carbonyl (C=O) groups is 1. The number of hydrogen-bond acceptors (Lipinski definition) is 6. The number of hydrogen-bond donors (Lipinski definition) is 3. The molecule has 3 aromatic rings. The maximum atomic E-state index is 12.8. The number of nitrogens with zero attached hydrogens (tertiary/aromatic N) is 1. The van der Waals surface area contributed by atoms with Gasteiger partial charge in [-0.05, 0) is 55.8 Å². The number of nitrogens with one attached hydrogen (secondary N) is 3. The van der Waals surface area contributed by atoms with Crippen LogP contribution < -0.4 is 20.1 Å². The van der Waals surface area contributed by atoms with E-state index in [-0.39, 0.29) is 28.7 Å². The van der Waals surface area contributed by atoms with E-state index in [2.05, 4.69) is 20.3 Å². The highest BCUT2D eigenvalue weighted by atomic mass is 35.5. The van der Waals surface area contributed by atoms with Crippen LogP contribution in [0.5, 0.6) is 5.75 Å². The van der Waals surface area contributed by atoms with Gasteiger partial charge in [0.15, 0.2) is 0 Å². The lowest BCUT2D eigenvalue weighted by atomic mass is 10.2. The molecule has 0 saturated heterocycles. The van der Waals surface area contributed by atoms with E-state index in [0.717, 1.165) is 16.6 Å². The fourth-order valence-electron chi connectivity index (χ4n) is 3.16. The van der Waals surface area contributed by atoms with E-state index in [1.807, 2.05) is 12.1 Å². The normalized spacial score (nSPS) is 11.3. The van der Waals surface area contributed by atoms with Crippen molar-refractivity contribution in [3.8, 4) is 5.75 Å². The molecule has 0 unspecified atom stereocenters. The van der Waals surface area contributed by atoms with Crippen LogP contribution in [0, 0.1) is 0 Å².